The van der Waals surface area contributed by atoms with E-state index in [0.717, 1.165) is 11.8 Å². The molecule has 0 fully saturated rings. The molecular formula is C18H15ClFN3O2S. The highest BCUT2D eigenvalue weighted by atomic mass is 35.5. The molecule has 5 nitrogen and oxygen atoms in total. The number of carbonyl (C=O) groups is 1. The highest BCUT2D eigenvalue weighted by molar-refractivity contribution is 7.99. The quantitative estimate of drug-likeness (QED) is 0.528. The zero-order valence-electron chi connectivity index (χ0n) is 13.8. The van der Waals surface area contributed by atoms with E-state index in [1.807, 2.05) is 6.92 Å². The van der Waals surface area contributed by atoms with Gasteiger partial charge in [0, 0.05) is 11.6 Å². The molecule has 0 saturated heterocycles. The fraction of sp³-hybridized carbons (Fsp3) is 0.167. The van der Waals surface area contributed by atoms with E-state index in [4.69, 9.17) is 11.6 Å². The van der Waals surface area contributed by atoms with Gasteiger partial charge in [-0.1, -0.05) is 35.5 Å². The maximum Gasteiger partial charge on any atom is 0.262 e. The first-order valence-electron chi connectivity index (χ1n) is 7.87. The summed E-state index contributed by atoms with van der Waals surface area (Å²) in [6, 6.07) is 11.0. The number of nitrogens with one attached hydrogen (secondary N) is 1. The van der Waals surface area contributed by atoms with E-state index >= 15 is 0 Å². The molecule has 2 aromatic carbocycles. The number of halogens is 2. The summed E-state index contributed by atoms with van der Waals surface area (Å²) in [5.41, 5.74) is 0.440. The molecule has 0 aliphatic carbocycles. The topological polar surface area (TPSA) is 64.0 Å². The van der Waals surface area contributed by atoms with Crippen LogP contribution in [0, 0.1) is 5.82 Å². The lowest BCUT2D eigenvalue weighted by Gasteiger charge is -2.11. The Kier molecular flexibility index (Phi) is 5.58. The average molecular weight is 392 g/mol. The molecule has 8 heteroatoms. The predicted molar refractivity (Wildman–Crippen MR) is 102 cm³/mol. The number of anilines is 1. The van der Waals surface area contributed by atoms with Crippen molar-refractivity contribution >= 4 is 45.9 Å². The van der Waals surface area contributed by atoms with Gasteiger partial charge >= 0.3 is 0 Å². The first kappa shape index (κ1) is 18.4. The number of rotatable bonds is 5. The van der Waals surface area contributed by atoms with Gasteiger partial charge in [0.1, 0.15) is 5.82 Å². The van der Waals surface area contributed by atoms with Gasteiger partial charge in [0.25, 0.3) is 5.56 Å². The molecule has 3 aromatic rings. The Bertz CT molecular complexity index is 1040. The molecule has 0 aliphatic heterocycles. The number of aromatic nitrogens is 2. The molecule has 0 radical (unpaired) electrons. The Labute approximate surface area is 158 Å². The van der Waals surface area contributed by atoms with Gasteiger partial charge in [0.15, 0.2) is 5.16 Å². The van der Waals surface area contributed by atoms with Gasteiger partial charge in [-0.3, -0.25) is 14.2 Å². The molecular weight excluding hydrogens is 377 g/mol. The molecule has 1 N–H and O–H groups in total. The van der Waals surface area contributed by atoms with Crippen molar-refractivity contribution in [1.29, 1.82) is 0 Å². The molecule has 1 amide bonds. The van der Waals surface area contributed by atoms with Crippen molar-refractivity contribution in [3.8, 4) is 0 Å². The van der Waals surface area contributed by atoms with Crippen molar-refractivity contribution in [1.82, 2.24) is 9.55 Å². The first-order valence-corrected chi connectivity index (χ1v) is 9.23. The minimum absolute atomic E-state index is 0.0162. The van der Waals surface area contributed by atoms with Crippen LogP contribution in [0.5, 0.6) is 0 Å². The number of hydrogen-bond donors (Lipinski definition) is 1. The minimum atomic E-state index is -0.568. The maximum absolute atomic E-state index is 13.7. The minimum Gasteiger partial charge on any atom is -0.323 e. The molecule has 0 unspecified atom stereocenters. The van der Waals surface area contributed by atoms with Gasteiger partial charge < -0.3 is 5.32 Å². The summed E-state index contributed by atoms with van der Waals surface area (Å²) in [6.07, 6.45) is 0. The highest BCUT2D eigenvalue weighted by Crippen LogP contribution is 2.21. The lowest BCUT2D eigenvalue weighted by Crippen LogP contribution is -2.23. The lowest BCUT2D eigenvalue weighted by atomic mass is 10.2. The SMILES string of the molecule is CCn1c(SCC(=O)Nc2cc(Cl)ccc2F)nc2ccccc2c1=O. The van der Waals surface area contributed by atoms with Crippen LogP contribution in [0.1, 0.15) is 6.92 Å². The van der Waals surface area contributed by atoms with Crippen LogP contribution < -0.4 is 10.9 Å². The van der Waals surface area contributed by atoms with Crippen LogP contribution in [0.2, 0.25) is 5.02 Å². The summed E-state index contributed by atoms with van der Waals surface area (Å²) in [7, 11) is 0. The fourth-order valence-corrected chi connectivity index (χ4v) is 3.48. The van der Waals surface area contributed by atoms with Crippen LogP contribution in [0.4, 0.5) is 10.1 Å². The third-order valence-electron chi connectivity index (χ3n) is 3.68. The number of fused-ring (bicyclic) bond motifs is 1. The van der Waals surface area contributed by atoms with Crippen molar-refractivity contribution in [2.24, 2.45) is 0 Å². The van der Waals surface area contributed by atoms with E-state index in [1.165, 1.54) is 22.8 Å². The smallest absolute Gasteiger partial charge is 0.262 e. The van der Waals surface area contributed by atoms with E-state index in [0.29, 0.717) is 27.6 Å². The third-order valence-corrected chi connectivity index (χ3v) is 4.89. The third kappa shape index (κ3) is 3.89. The van der Waals surface area contributed by atoms with Crippen molar-refractivity contribution in [2.45, 2.75) is 18.6 Å². The molecule has 26 heavy (non-hydrogen) atoms. The van der Waals surface area contributed by atoms with Crippen molar-refractivity contribution < 1.29 is 9.18 Å². The van der Waals surface area contributed by atoms with Crippen molar-refractivity contribution in [3.63, 3.8) is 0 Å². The Morgan fingerprint density at radius 2 is 2.08 bits per heavy atom. The molecule has 134 valence electrons. The van der Waals surface area contributed by atoms with E-state index in [9.17, 15) is 14.0 Å². The number of carbonyl (C=O) groups excluding carboxylic acids is 1. The Morgan fingerprint density at radius 1 is 1.31 bits per heavy atom. The molecule has 0 bridgehead atoms. The second-order valence-corrected chi connectivity index (χ2v) is 6.80. The molecule has 1 aromatic heterocycles. The Hall–Kier alpha value is -2.38. The van der Waals surface area contributed by atoms with Crippen LogP contribution in [-0.4, -0.2) is 21.2 Å². The van der Waals surface area contributed by atoms with Gasteiger partial charge in [-0.25, -0.2) is 9.37 Å². The van der Waals surface area contributed by atoms with E-state index in [2.05, 4.69) is 10.3 Å². The monoisotopic (exact) mass is 391 g/mol. The van der Waals surface area contributed by atoms with Gasteiger partial charge in [-0.15, -0.1) is 0 Å². The standard InChI is InChI=1S/C18H15ClFN3O2S/c1-2-23-17(25)12-5-3-4-6-14(12)22-18(23)26-10-16(24)21-15-9-11(19)7-8-13(15)20/h3-9H,2,10H2,1H3,(H,21,24). The molecule has 0 saturated carbocycles. The first-order chi connectivity index (χ1) is 12.5. The summed E-state index contributed by atoms with van der Waals surface area (Å²) in [4.78, 5) is 29.2. The maximum atomic E-state index is 13.7. The zero-order valence-corrected chi connectivity index (χ0v) is 15.4. The van der Waals surface area contributed by atoms with E-state index < -0.39 is 11.7 Å². The molecule has 0 spiro atoms. The average Bonchev–Trinajstić information content (AvgIpc) is 2.63. The van der Waals surface area contributed by atoms with Gasteiger partial charge in [-0.2, -0.15) is 0 Å². The lowest BCUT2D eigenvalue weighted by molar-refractivity contribution is -0.113. The van der Waals surface area contributed by atoms with Crippen LogP contribution in [0.15, 0.2) is 52.4 Å². The van der Waals surface area contributed by atoms with Crippen molar-refractivity contribution in [2.75, 3.05) is 11.1 Å². The highest BCUT2D eigenvalue weighted by Gasteiger charge is 2.13. The summed E-state index contributed by atoms with van der Waals surface area (Å²) in [5, 5.41) is 3.77. The number of hydrogen-bond acceptors (Lipinski definition) is 4. The molecule has 3 rings (SSSR count). The van der Waals surface area contributed by atoms with Gasteiger partial charge in [0.05, 0.1) is 22.3 Å². The van der Waals surface area contributed by atoms with Crippen LogP contribution in [0.25, 0.3) is 10.9 Å². The summed E-state index contributed by atoms with van der Waals surface area (Å²) < 4.78 is 15.2. The number of thioether (sulfide) groups is 1. The number of para-hydroxylation sites is 1. The number of nitrogens with zero attached hydrogens (tertiary/aromatic N) is 2. The number of amides is 1. The van der Waals surface area contributed by atoms with Gasteiger partial charge in [0.2, 0.25) is 5.91 Å². The molecule has 0 atom stereocenters. The van der Waals surface area contributed by atoms with Crippen LogP contribution in [0.3, 0.4) is 0 Å². The van der Waals surface area contributed by atoms with E-state index in [-0.39, 0.29) is 17.0 Å². The van der Waals surface area contributed by atoms with E-state index in [1.54, 1.807) is 24.3 Å². The normalized spacial score (nSPS) is 10.9. The molecule has 0 aliphatic rings. The number of benzene rings is 2. The Balaban J connectivity index is 1.80. The second-order valence-electron chi connectivity index (χ2n) is 5.42. The summed E-state index contributed by atoms with van der Waals surface area (Å²) in [5.74, 6) is -1.00. The molecule has 1 heterocycles. The van der Waals surface area contributed by atoms with Crippen molar-refractivity contribution in [3.05, 3.63) is 63.7 Å². The van der Waals surface area contributed by atoms with Gasteiger partial charge in [-0.05, 0) is 37.3 Å². The summed E-state index contributed by atoms with van der Waals surface area (Å²) in [6.45, 7) is 2.27. The Morgan fingerprint density at radius 3 is 2.85 bits per heavy atom. The fourth-order valence-electron chi connectivity index (χ4n) is 2.45. The van der Waals surface area contributed by atoms with Crippen LogP contribution >= 0.6 is 23.4 Å². The zero-order chi connectivity index (χ0) is 18.7. The largest absolute Gasteiger partial charge is 0.323 e. The summed E-state index contributed by atoms with van der Waals surface area (Å²) >= 11 is 6.94. The predicted octanol–water partition coefficient (Wildman–Crippen LogP) is 3.94. The second kappa shape index (κ2) is 7.88. The van der Waals surface area contributed by atoms with Crippen LogP contribution in [-0.2, 0) is 11.3 Å².